The molecule has 1 heterocycles. The van der Waals surface area contributed by atoms with E-state index in [4.69, 9.17) is 0 Å². The summed E-state index contributed by atoms with van der Waals surface area (Å²) in [5.74, 6) is -0.240. The van der Waals surface area contributed by atoms with Crippen LogP contribution in [0.15, 0.2) is 83.8 Å². The Morgan fingerprint density at radius 3 is 2.42 bits per heavy atom. The second-order valence-electron chi connectivity index (χ2n) is 7.64. The molecule has 5 rings (SSSR count). The van der Waals surface area contributed by atoms with Gasteiger partial charge in [-0.15, -0.1) is 0 Å². The van der Waals surface area contributed by atoms with Crippen molar-refractivity contribution < 1.29 is 13.2 Å². The predicted molar refractivity (Wildman–Crippen MR) is 124 cm³/mol. The van der Waals surface area contributed by atoms with E-state index < -0.39 is 10.0 Å². The van der Waals surface area contributed by atoms with Crippen LogP contribution in [0.5, 0.6) is 0 Å². The van der Waals surface area contributed by atoms with Crippen LogP contribution in [0.3, 0.4) is 0 Å². The fraction of sp³-hybridized carbons (Fsp3) is 0.0800. The minimum Gasteiger partial charge on any atom is -0.321 e. The van der Waals surface area contributed by atoms with Crippen LogP contribution in [0.4, 0.5) is 11.4 Å². The zero-order valence-corrected chi connectivity index (χ0v) is 17.9. The fourth-order valence-corrected chi connectivity index (χ4v) is 5.73. The number of rotatable bonds is 2. The highest BCUT2D eigenvalue weighted by atomic mass is 32.2. The smallest absolute Gasteiger partial charge is 0.264 e. The van der Waals surface area contributed by atoms with Crippen LogP contribution >= 0.6 is 0 Å². The van der Waals surface area contributed by atoms with Crippen molar-refractivity contribution in [2.24, 2.45) is 0 Å². The summed E-state index contributed by atoms with van der Waals surface area (Å²) in [4.78, 5) is 13.4. The summed E-state index contributed by atoms with van der Waals surface area (Å²) >= 11 is 0. The molecule has 0 saturated heterocycles. The van der Waals surface area contributed by atoms with Crippen LogP contribution in [0.25, 0.3) is 21.9 Å². The molecule has 6 heteroatoms. The number of fused-ring (bicyclic) bond motifs is 4. The molecule has 0 fully saturated rings. The van der Waals surface area contributed by atoms with Gasteiger partial charge in [0.05, 0.1) is 10.6 Å². The van der Waals surface area contributed by atoms with Crippen molar-refractivity contribution in [2.45, 2.75) is 11.8 Å². The van der Waals surface area contributed by atoms with Crippen LogP contribution in [-0.2, 0) is 10.0 Å². The Kier molecular flexibility index (Phi) is 4.34. The molecule has 0 unspecified atom stereocenters. The quantitative estimate of drug-likeness (QED) is 0.477. The minimum absolute atomic E-state index is 0.240. The minimum atomic E-state index is -3.63. The summed E-state index contributed by atoms with van der Waals surface area (Å²) in [6.45, 7) is 1.83. The molecular weight excluding hydrogens is 408 g/mol. The van der Waals surface area contributed by atoms with E-state index in [9.17, 15) is 13.2 Å². The fourth-order valence-electron chi connectivity index (χ4n) is 4.24. The van der Waals surface area contributed by atoms with Gasteiger partial charge < -0.3 is 5.32 Å². The first kappa shape index (κ1) is 19.3. The average molecular weight is 429 g/mol. The summed E-state index contributed by atoms with van der Waals surface area (Å²) < 4.78 is 27.2. The Hall–Kier alpha value is -3.64. The van der Waals surface area contributed by atoms with E-state index in [0.29, 0.717) is 16.8 Å². The lowest BCUT2D eigenvalue weighted by atomic mass is 9.96. The van der Waals surface area contributed by atoms with E-state index in [0.717, 1.165) is 27.6 Å². The van der Waals surface area contributed by atoms with Crippen LogP contribution < -0.4 is 9.62 Å². The number of carbonyl (C=O) groups excluding carboxylic acids is 1. The molecule has 5 nitrogen and oxygen atoms in total. The first-order chi connectivity index (χ1) is 14.9. The van der Waals surface area contributed by atoms with Crippen molar-refractivity contribution in [3.05, 3.63) is 90.0 Å². The Morgan fingerprint density at radius 2 is 1.58 bits per heavy atom. The van der Waals surface area contributed by atoms with Crippen LogP contribution in [0.2, 0.25) is 0 Å². The maximum Gasteiger partial charge on any atom is 0.264 e. The van der Waals surface area contributed by atoms with Crippen molar-refractivity contribution in [1.82, 2.24) is 0 Å². The zero-order valence-electron chi connectivity index (χ0n) is 17.1. The number of hydrogen-bond donors (Lipinski definition) is 1. The van der Waals surface area contributed by atoms with Crippen molar-refractivity contribution in [3.8, 4) is 11.1 Å². The molecule has 4 aromatic rings. The molecular formula is C25H20N2O3S. The lowest BCUT2D eigenvalue weighted by molar-refractivity contribution is 0.102. The molecule has 0 aromatic heterocycles. The van der Waals surface area contributed by atoms with Gasteiger partial charge in [0.25, 0.3) is 15.9 Å². The topological polar surface area (TPSA) is 66.5 Å². The number of nitrogens with zero attached hydrogens (tertiary/aromatic N) is 1. The normalized spacial score (nSPS) is 14.1. The Morgan fingerprint density at radius 1 is 0.871 bits per heavy atom. The predicted octanol–water partition coefficient (Wildman–Crippen LogP) is 5.21. The molecule has 0 saturated carbocycles. The standard InChI is InChI=1S/C25H20N2O3S/c1-16-14-18(25(28)26-22-12-7-9-17-8-3-4-10-19(17)22)15-21-20-11-5-6-13-23(20)31(29,30)27(2)24(16)21/h3-15H,1-2H3,(H,26,28). The van der Waals surface area contributed by atoms with Crippen LogP contribution in [0, 0.1) is 6.92 Å². The number of hydrogen-bond acceptors (Lipinski definition) is 3. The summed E-state index contributed by atoms with van der Waals surface area (Å²) in [5, 5.41) is 5.02. The Bertz CT molecular complexity index is 1470. The molecule has 1 N–H and O–H groups in total. The molecule has 0 aliphatic carbocycles. The SMILES string of the molecule is Cc1cc(C(=O)Nc2cccc3ccccc23)cc2c1N(C)S(=O)(=O)c1ccccc1-2. The molecule has 0 bridgehead atoms. The number of amides is 1. The third kappa shape index (κ3) is 2.99. The molecule has 0 atom stereocenters. The third-order valence-corrected chi connectivity index (χ3v) is 7.55. The molecule has 1 amide bonds. The summed E-state index contributed by atoms with van der Waals surface area (Å²) in [6, 6.07) is 24.1. The van der Waals surface area contributed by atoms with Crippen molar-refractivity contribution in [1.29, 1.82) is 0 Å². The van der Waals surface area contributed by atoms with Gasteiger partial charge in [-0.05, 0) is 42.1 Å². The van der Waals surface area contributed by atoms with Gasteiger partial charge in [-0.3, -0.25) is 9.10 Å². The van der Waals surface area contributed by atoms with Crippen molar-refractivity contribution in [3.63, 3.8) is 0 Å². The Balaban J connectivity index is 1.62. The van der Waals surface area contributed by atoms with Gasteiger partial charge in [0.1, 0.15) is 0 Å². The van der Waals surface area contributed by atoms with Gasteiger partial charge in [-0.25, -0.2) is 8.42 Å². The number of anilines is 2. The summed E-state index contributed by atoms with van der Waals surface area (Å²) in [5.41, 5.74) is 3.88. The van der Waals surface area contributed by atoms with Gasteiger partial charge in [-0.2, -0.15) is 0 Å². The van der Waals surface area contributed by atoms with E-state index in [1.807, 2.05) is 55.5 Å². The monoisotopic (exact) mass is 428 g/mol. The van der Waals surface area contributed by atoms with E-state index in [1.165, 1.54) is 4.31 Å². The highest BCUT2D eigenvalue weighted by Crippen LogP contribution is 2.44. The van der Waals surface area contributed by atoms with E-state index >= 15 is 0 Å². The van der Waals surface area contributed by atoms with Gasteiger partial charge in [-0.1, -0.05) is 54.6 Å². The van der Waals surface area contributed by atoms with Crippen LogP contribution in [-0.4, -0.2) is 21.4 Å². The highest BCUT2D eigenvalue weighted by Gasteiger charge is 2.33. The third-order valence-electron chi connectivity index (χ3n) is 5.73. The first-order valence-electron chi connectivity index (χ1n) is 9.90. The van der Waals surface area contributed by atoms with Gasteiger partial charge in [0.15, 0.2) is 0 Å². The second kappa shape index (κ2) is 6.96. The van der Waals surface area contributed by atoms with Gasteiger partial charge >= 0.3 is 0 Å². The molecule has 31 heavy (non-hydrogen) atoms. The number of carbonyl (C=O) groups is 1. The highest BCUT2D eigenvalue weighted by molar-refractivity contribution is 7.93. The maximum atomic E-state index is 13.2. The molecule has 4 aromatic carbocycles. The van der Waals surface area contributed by atoms with Crippen molar-refractivity contribution in [2.75, 3.05) is 16.7 Å². The average Bonchev–Trinajstić information content (AvgIpc) is 2.77. The largest absolute Gasteiger partial charge is 0.321 e. The molecule has 1 aliphatic heterocycles. The zero-order chi connectivity index (χ0) is 21.8. The molecule has 0 radical (unpaired) electrons. The van der Waals surface area contributed by atoms with Crippen LogP contribution in [0.1, 0.15) is 15.9 Å². The molecule has 0 spiro atoms. The number of sulfonamides is 1. The van der Waals surface area contributed by atoms with Gasteiger partial charge in [0, 0.05) is 34.8 Å². The number of nitrogens with one attached hydrogen (secondary N) is 1. The lowest BCUT2D eigenvalue weighted by Crippen LogP contribution is -2.31. The van der Waals surface area contributed by atoms with Crippen molar-refractivity contribution >= 4 is 38.1 Å². The first-order valence-corrected chi connectivity index (χ1v) is 11.3. The summed E-state index contributed by atoms with van der Waals surface area (Å²) in [7, 11) is -2.08. The van der Waals surface area contributed by atoms with E-state index in [1.54, 1.807) is 37.4 Å². The lowest BCUT2D eigenvalue weighted by Gasteiger charge is -2.31. The summed E-state index contributed by atoms with van der Waals surface area (Å²) in [6.07, 6.45) is 0. The maximum absolute atomic E-state index is 13.2. The van der Waals surface area contributed by atoms with Gasteiger partial charge in [0.2, 0.25) is 0 Å². The number of aryl methyl sites for hydroxylation is 1. The Labute approximate surface area is 181 Å². The molecule has 1 aliphatic rings. The molecule has 154 valence electrons. The number of benzene rings is 4. The second-order valence-corrected chi connectivity index (χ2v) is 9.58. The van der Waals surface area contributed by atoms with E-state index in [-0.39, 0.29) is 10.8 Å². The van der Waals surface area contributed by atoms with E-state index in [2.05, 4.69) is 5.32 Å².